The molecule has 2 amide bonds. The maximum Gasteiger partial charge on any atom is 0.245 e. The number of halogens is 1. The van der Waals surface area contributed by atoms with E-state index in [0.29, 0.717) is 31.0 Å². The van der Waals surface area contributed by atoms with Crippen LogP contribution in [0.25, 0.3) is 0 Å². The fourth-order valence-corrected chi connectivity index (χ4v) is 5.20. The highest BCUT2D eigenvalue weighted by atomic mass is 35.5. The molecule has 1 aromatic carbocycles. The lowest BCUT2D eigenvalue weighted by atomic mass is 9.91. The Hall–Kier alpha value is -1.64. The number of sulfonamides is 1. The number of hydrogen-bond donors (Lipinski definition) is 1. The number of rotatable bonds is 3. The Morgan fingerprint density at radius 2 is 1.74 bits per heavy atom. The predicted octanol–water partition coefficient (Wildman–Crippen LogP) is 1.48. The van der Waals surface area contributed by atoms with Gasteiger partial charge in [-0.3, -0.25) is 9.59 Å². The van der Waals surface area contributed by atoms with E-state index in [2.05, 4.69) is 5.32 Å². The first kappa shape index (κ1) is 20.1. The van der Waals surface area contributed by atoms with Crippen LogP contribution in [0.2, 0.25) is 5.02 Å². The fourth-order valence-electron chi connectivity index (χ4n) is 3.60. The molecule has 27 heavy (non-hydrogen) atoms. The maximum atomic E-state index is 12.9. The molecule has 0 atom stereocenters. The van der Waals surface area contributed by atoms with Crippen molar-refractivity contribution in [1.29, 1.82) is 0 Å². The van der Waals surface area contributed by atoms with Gasteiger partial charge in [-0.2, -0.15) is 4.31 Å². The summed E-state index contributed by atoms with van der Waals surface area (Å²) in [6.45, 7) is 4.95. The Balaban J connectivity index is 1.67. The van der Waals surface area contributed by atoms with E-state index >= 15 is 0 Å². The van der Waals surface area contributed by atoms with Gasteiger partial charge in [0.2, 0.25) is 21.8 Å². The van der Waals surface area contributed by atoms with E-state index < -0.39 is 15.6 Å². The average molecular weight is 414 g/mol. The molecule has 9 heteroatoms. The smallest absolute Gasteiger partial charge is 0.245 e. The van der Waals surface area contributed by atoms with Gasteiger partial charge in [0.15, 0.2) is 0 Å². The van der Waals surface area contributed by atoms with Crippen LogP contribution in [0.5, 0.6) is 0 Å². The monoisotopic (exact) mass is 413 g/mol. The van der Waals surface area contributed by atoms with Crippen LogP contribution in [0.4, 0.5) is 0 Å². The second-order valence-electron chi connectivity index (χ2n) is 7.44. The largest absolute Gasteiger partial charge is 0.352 e. The van der Waals surface area contributed by atoms with Crippen LogP contribution in [-0.2, 0) is 19.6 Å². The highest BCUT2D eigenvalue weighted by molar-refractivity contribution is 7.89. The molecule has 7 nitrogen and oxygen atoms in total. The molecule has 2 saturated heterocycles. The first-order chi connectivity index (χ1) is 12.6. The Morgan fingerprint density at radius 3 is 2.33 bits per heavy atom. The van der Waals surface area contributed by atoms with Gasteiger partial charge in [0.05, 0.1) is 4.90 Å². The minimum absolute atomic E-state index is 0.0709. The van der Waals surface area contributed by atoms with Crippen LogP contribution in [0.1, 0.15) is 26.7 Å². The van der Waals surface area contributed by atoms with E-state index in [-0.39, 0.29) is 35.7 Å². The van der Waals surface area contributed by atoms with Crippen molar-refractivity contribution in [3.05, 3.63) is 29.3 Å². The number of carbonyl (C=O) groups excluding carboxylic acids is 2. The third-order valence-electron chi connectivity index (χ3n) is 5.37. The van der Waals surface area contributed by atoms with Gasteiger partial charge in [-0.05, 0) is 51.0 Å². The third-order valence-corrected chi connectivity index (χ3v) is 7.54. The number of nitrogens with one attached hydrogen (secondary N) is 1. The highest BCUT2D eigenvalue weighted by Gasteiger charge is 2.43. The summed E-state index contributed by atoms with van der Waals surface area (Å²) in [6.07, 6.45) is 0.889. The zero-order chi connectivity index (χ0) is 19.8. The lowest BCUT2D eigenvalue weighted by Gasteiger charge is -2.43. The SMILES string of the molecule is CC1(C)C(=O)NCCN1C(=O)C1CCN(S(=O)(=O)c2ccc(Cl)cc2)CC1. The topological polar surface area (TPSA) is 86.8 Å². The van der Waals surface area contributed by atoms with Gasteiger partial charge in [-0.15, -0.1) is 0 Å². The normalized spacial score (nSPS) is 21.7. The number of piperidine rings is 1. The van der Waals surface area contributed by atoms with Crippen LogP contribution in [0.3, 0.4) is 0 Å². The van der Waals surface area contributed by atoms with Crippen molar-refractivity contribution in [3.8, 4) is 0 Å². The quantitative estimate of drug-likeness (QED) is 0.813. The first-order valence-electron chi connectivity index (χ1n) is 8.99. The summed E-state index contributed by atoms with van der Waals surface area (Å²) in [5.41, 5.74) is -0.887. The maximum absolute atomic E-state index is 12.9. The summed E-state index contributed by atoms with van der Waals surface area (Å²) < 4.78 is 26.9. The summed E-state index contributed by atoms with van der Waals surface area (Å²) in [5.74, 6) is -0.505. The Morgan fingerprint density at radius 1 is 1.15 bits per heavy atom. The minimum Gasteiger partial charge on any atom is -0.352 e. The molecule has 0 saturated carbocycles. The fraction of sp³-hybridized carbons (Fsp3) is 0.556. The van der Waals surface area contributed by atoms with E-state index in [0.717, 1.165) is 0 Å². The number of nitrogens with zero attached hydrogens (tertiary/aromatic N) is 2. The third kappa shape index (κ3) is 3.83. The molecule has 2 aliphatic heterocycles. The van der Waals surface area contributed by atoms with Crippen LogP contribution in [0, 0.1) is 5.92 Å². The molecule has 2 heterocycles. The molecule has 3 rings (SSSR count). The van der Waals surface area contributed by atoms with Crippen molar-refractivity contribution in [2.45, 2.75) is 37.1 Å². The molecule has 2 aliphatic rings. The molecule has 1 N–H and O–H groups in total. The lowest BCUT2D eigenvalue weighted by molar-refractivity contribution is -0.152. The molecule has 148 valence electrons. The number of hydrogen-bond acceptors (Lipinski definition) is 4. The summed E-state index contributed by atoms with van der Waals surface area (Å²) in [6, 6.07) is 6.08. The van der Waals surface area contributed by atoms with Crippen LogP contribution in [0.15, 0.2) is 29.2 Å². The number of piperazine rings is 1. The van der Waals surface area contributed by atoms with Crippen molar-refractivity contribution in [3.63, 3.8) is 0 Å². The van der Waals surface area contributed by atoms with Crippen LogP contribution >= 0.6 is 11.6 Å². The summed E-state index contributed by atoms with van der Waals surface area (Å²) in [7, 11) is -3.60. The van der Waals surface area contributed by atoms with Gasteiger partial charge in [0.25, 0.3) is 0 Å². The van der Waals surface area contributed by atoms with Gasteiger partial charge in [0.1, 0.15) is 5.54 Å². The molecule has 0 bridgehead atoms. The Kier molecular flexibility index (Phi) is 5.52. The van der Waals surface area contributed by atoms with Crippen LogP contribution in [-0.4, -0.2) is 61.2 Å². The molecule has 0 unspecified atom stereocenters. The number of carbonyl (C=O) groups is 2. The Bertz CT molecular complexity index is 831. The van der Waals surface area contributed by atoms with Crippen LogP contribution < -0.4 is 5.32 Å². The first-order valence-corrected chi connectivity index (χ1v) is 10.8. The summed E-state index contributed by atoms with van der Waals surface area (Å²) >= 11 is 5.83. The van der Waals surface area contributed by atoms with Gasteiger partial charge in [0, 0.05) is 37.1 Å². The molecular weight excluding hydrogens is 390 g/mol. The predicted molar refractivity (Wildman–Crippen MR) is 102 cm³/mol. The molecule has 2 fully saturated rings. The molecule has 1 aromatic rings. The highest BCUT2D eigenvalue weighted by Crippen LogP contribution is 2.28. The second kappa shape index (κ2) is 7.41. The zero-order valence-corrected chi connectivity index (χ0v) is 17.0. The van der Waals surface area contributed by atoms with Crippen molar-refractivity contribution in [2.24, 2.45) is 5.92 Å². The van der Waals surface area contributed by atoms with Crippen molar-refractivity contribution >= 4 is 33.4 Å². The molecule has 0 aliphatic carbocycles. The van der Waals surface area contributed by atoms with Gasteiger partial charge in [-0.25, -0.2) is 8.42 Å². The zero-order valence-electron chi connectivity index (χ0n) is 15.4. The molecule has 0 aromatic heterocycles. The van der Waals surface area contributed by atoms with E-state index in [1.54, 1.807) is 30.9 Å². The summed E-state index contributed by atoms with van der Waals surface area (Å²) in [5, 5.41) is 3.26. The van der Waals surface area contributed by atoms with Gasteiger partial charge in [-0.1, -0.05) is 11.6 Å². The van der Waals surface area contributed by atoms with Crippen molar-refractivity contribution < 1.29 is 18.0 Å². The number of benzene rings is 1. The summed E-state index contributed by atoms with van der Waals surface area (Å²) in [4.78, 5) is 26.8. The standard InChI is InChI=1S/C18H24ClN3O4S/c1-18(2)17(24)20-9-12-22(18)16(23)13-7-10-21(11-8-13)27(25,26)15-5-3-14(19)4-6-15/h3-6,13H,7-12H2,1-2H3,(H,20,24). The Labute approximate surface area is 164 Å². The van der Waals surface area contributed by atoms with Gasteiger partial charge >= 0.3 is 0 Å². The van der Waals surface area contributed by atoms with Crippen molar-refractivity contribution in [1.82, 2.24) is 14.5 Å². The van der Waals surface area contributed by atoms with E-state index in [9.17, 15) is 18.0 Å². The van der Waals surface area contributed by atoms with Gasteiger partial charge < -0.3 is 10.2 Å². The second-order valence-corrected chi connectivity index (χ2v) is 9.81. The van der Waals surface area contributed by atoms with Crippen molar-refractivity contribution in [2.75, 3.05) is 26.2 Å². The molecule has 0 spiro atoms. The van der Waals surface area contributed by atoms with E-state index in [4.69, 9.17) is 11.6 Å². The average Bonchev–Trinajstić information content (AvgIpc) is 2.64. The van der Waals surface area contributed by atoms with E-state index in [1.807, 2.05) is 0 Å². The minimum atomic E-state index is -3.60. The molecule has 0 radical (unpaired) electrons. The molecular formula is C18H24ClN3O4S. The number of amides is 2. The lowest BCUT2D eigenvalue weighted by Crippen LogP contribution is -2.64. The van der Waals surface area contributed by atoms with E-state index in [1.165, 1.54) is 16.4 Å².